The molecule has 0 atom stereocenters. The molecular weight excluding hydrogens is 286 g/mol. The molecule has 0 bridgehead atoms. The second-order valence-corrected chi connectivity index (χ2v) is 5.05. The summed E-state index contributed by atoms with van der Waals surface area (Å²) in [5.74, 6) is 0.250. The molecule has 1 amide bonds. The fraction of sp³-hybridized carbons (Fsp3) is 0.118. The zero-order valence-electron chi connectivity index (χ0n) is 11.9. The molecule has 3 nitrogen and oxygen atoms in total. The summed E-state index contributed by atoms with van der Waals surface area (Å²) < 4.78 is 5.31. The van der Waals surface area contributed by atoms with Gasteiger partial charge in [0.1, 0.15) is 5.75 Å². The Bertz CT molecular complexity index is 680. The lowest BCUT2D eigenvalue weighted by Crippen LogP contribution is -2.08. The number of nitrogens with one attached hydrogen (secondary N) is 1. The van der Waals surface area contributed by atoms with Crippen LogP contribution in [0.25, 0.3) is 0 Å². The van der Waals surface area contributed by atoms with Crippen molar-refractivity contribution in [1.29, 1.82) is 0 Å². The van der Waals surface area contributed by atoms with Crippen LogP contribution in [0.2, 0.25) is 5.02 Å². The zero-order valence-corrected chi connectivity index (χ0v) is 12.6. The first-order valence-electron chi connectivity index (χ1n) is 6.52. The third-order valence-electron chi connectivity index (χ3n) is 3.03. The molecule has 0 aromatic heterocycles. The highest BCUT2D eigenvalue weighted by Gasteiger charge is 2.01. The largest absolute Gasteiger partial charge is 0.463 e. The van der Waals surface area contributed by atoms with Gasteiger partial charge in [-0.25, -0.2) is 0 Å². The molecule has 108 valence electrons. The molecule has 2 aromatic rings. The van der Waals surface area contributed by atoms with Gasteiger partial charge in [0.25, 0.3) is 5.91 Å². The molecule has 0 saturated heterocycles. The number of aryl methyl sites for hydroxylation is 2. The number of amides is 1. The molecule has 0 saturated carbocycles. The lowest BCUT2D eigenvalue weighted by atomic mass is 10.1. The van der Waals surface area contributed by atoms with E-state index in [1.54, 1.807) is 12.1 Å². The zero-order chi connectivity index (χ0) is 15.2. The van der Waals surface area contributed by atoms with Gasteiger partial charge in [0.05, 0.1) is 11.3 Å². The van der Waals surface area contributed by atoms with Gasteiger partial charge in [-0.1, -0.05) is 29.8 Å². The molecule has 2 aromatic carbocycles. The molecule has 4 heteroatoms. The minimum Gasteiger partial charge on any atom is -0.463 e. The van der Waals surface area contributed by atoms with E-state index in [1.807, 2.05) is 44.2 Å². The Balaban J connectivity index is 1.94. The van der Waals surface area contributed by atoms with Crippen molar-refractivity contribution in [3.63, 3.8) is 0 Å². The molecule has 0 aliphatic carbocycles. The summed E-state index contributed by atoms with van der Waals surface area (Å²) in [5, 5.41) is 3.27. The molecule has 0 heterocycles. The summed E-state index contributed by atoms with van der Waals surface area (Å²) in [6, 6.07) is 12.8. The van der Waals surface area contributed by atoms with Crippen molar-refractivity contribution >= 4 is 23.2 Å². The Kier molecular flexibility index (Phi) is 5.01. The molecule has 2 rings (SSSR count). The third-order valence-corrected chi connectivity index (χ3v) is 3.34. The minimum atomic E-state index is -0.259. The number of para-hydroxylation sites is 1. The summed E-state index contributed by atoms with van der Waals surface area (Å²) in [6.07, 6.45) is 2.64. The first kappa shape index (κ1) is 15.1. The van der Waals surface area contributed by atoms with E-state index in [4.69, 9.17) is 16.3 Å². The van der Waals surface area contributed by atoms with Gasteiger partial charge < -0.3 is 10.1 Å². The van der Waals surface area contributed by atoms with Gasteiger partial charge in [0.2, 0.25) is 0 Å². The quantitative estimate of drug-likeness (QED) is 0.667. The maximum Gasteiger partial charge on any atom is 0.251 e. The number of benzene rings is 2. The van der Waals surface area contributed by atoms with Crippen LogP contribution in [0.4, 0.5) is 5.69 Å². The fourth-order valence-corrected chi connectivity index (χ4v) is 1.89. The van der Waals surface area contributed by atoms with E-state index in [0.717, 1.165) is 11.3 Å². The lowest BCUT2D eigenvalue weighted by Gasteiger charge is -2.06. The maximum atomic E-state index is 11.8. The molecule has 0 fully saturated rings. The predicted octanol–water partition coefficient (Wildman–Crippen LogP) is 4.49. The number of halogens is 1. The van der Waals surface area contributed by atoms with Gasteiger partial charge in [-0.15, -0.1) is 0 Å². The average molecular weight is 302 g/mol. The number of hydrogen-bond donors (Lipinski definition) is 1. The standard InChI is InChI=1S/C17H16ClNO2/c1-12-7-8-14(11-13(12)2)19-17(20)9-10-21-16-6-4-3-5-15(16)18/h3-11H,1-2H3,(H,19,20). The van der Waals surface area contributed by atoms with E-state index in [-0.39, 0.29) is 5.91 Å². The molecule has 21 heavy (non-hydrogen) atoms. The van der Waals surface area contributed by atoms with Crippen LogP contribution in [0.5, 0.6) is 5.75 Å². The van der Waals surface area contributed by atoms with Gasteiger partial charge in [-0.2, -0.15) is 0 Å². The van der Waals surface area contributed by atoms with Gasteiger partial charge in [0, 0.05) is 11.8 Å². The number of rotatable bonds is 4. The summed E-state index contributed by atoms with van der Waals surface area (Å²) >= 11 is 5.94. The Morgan fingerprint density at radius 2 is 1.90 bits per heavy atom. The van der Waals surface area contributed by atoms with Crippen LogP contribution in [0.3, 0.4) is 0 Å². The van der Waals surface area contributed by atoms with Crippen molar-refractivity contribution in [1.82, 2.24) is 0 Å². The lowest BCUT2D eigenvalue weighted by molar-refractivity contribution is -0.112. The highest BCUT2D eigenvalue weighted by atomic mass is 35.5. The van der Waals surface area contributed by atoms with Crippen molar-refractivity contribution in [2.24, 2.45) is 0 Å². The smallest absolute Gasteiger partial charge is 0.251 e. The van der Waals surface area contributed by atoms with E-state index in [0.29, 0.717) is 10.8 Å². The number of carbonyl (C=O) groups excluding carboxylic acids is 1. The number of carbonyl (C=O) groups is 1. The Morgan fingerprint density at radius 1 is 1.14 bits per heavy atom. The first-order valence-corrected chi connectivity index (χ1v) is 6.90. The fourth-order valence-electron chi connectivity index (χ4n) is 1.71. The minimum absolute atomic E-state index is 0.259. The third kappa shape index (κ3) is 4.36. The Labute approximate surface area is 129 Å². The van der Waals surface area contributed by atoms with E-state index >= 15 is 0 Å². The SMILES string of the molecule is Cc1ccc(NC(=O)C=COc2ccccc2Cl)cc1C. The molecule has 1 N–H and O–H groups in total. The highest BCUT2D eigenvalue weighted by molar-refractivity contribution is 6.32. The van der Waals surface area contributed by atoms with Gasteiger partial charge >= 0.3 is 0 Å². The van der Waals surface area contributed by atoms with Crippen LogP contribution in [0, 0.1) is 13.8 Å². The topological polar surface area (TPSA) is 38.3 Å². The molecule has 0 aliphatic rings. The van der Waals surface area contributed by atoms with Crippen molar-refractivity contribution in [3.05, 3.63) is 71.0 Å². The predicted molar refractivity (Wildman–Crippen MR) is 85.8 cm³/mol. The van der Waals surface area contributed by atoms with Crippen LogP contribution >= 0.6 is 11.6 Å². The molecule has 0 radical (unpaired) electrons. The van der Waals surface area contributed by atoms with Crippen LogP contribution in [0.1, 0.15) is 11.1 Å². The highest BCUT2D eigenvalue weighted by Crippen LogP contribution is 2.23. The van der Waals surface area contributed by atoms with Crippen molar-refractivity contribution < 1.29 is 9.53 Å². The van der Waals surface area contributed by atoms with Gasteiger partial charge in [-0.3, -0.25) is 4.79 Å². The van der Waals surface area contributed by atoms with E-state index in [9.17, 15) is 4.79 Å². The summed E-state index contributed by atoms with van der Waals surface area (Å²) in [5.41, 5.74) is 3.07. The molecular formula is C17H16ClNO2. The second-order valence-electron chi connectivity index (χ2n) is 4.64. The van der Waals surface area contributed by atoms with Crippen molar-refractivity contribution in [2.45, 2.75) is 13.8 Å². The number of ether oxygens (including phenoxy) is 1. The second kappa shape index (κ2) is 6.95. The first-order chi connectivity index (χ1) is 10.1. The summed E-state index contributed by atoms with van der Waals surface area (Å²) in [4.78, 5) is 11.8. The van der Waals surface area contributed by atoms with Crippen LogP contribution in [-0.4, -0.2) is 5.91 Å². The normalized spacial score (nSPS) is 10.6. The number of anilines is 1. The average Bonchev–Trinajstić information content (AvgIpc) is 2.45. The van der Waals surface area contributed by atoms with Crippen molar-refractivity contribution in [2.75, 3.05) is 5.32 Å². The Morgan fingerprint density at radius 3 is 2.62 bits per heavy atom. The monoisotopic (exact) mass is 301 g/mol. The van der Waals surface area contributed by atoms with E-state index in [2.05, 4.69) is 5.32 Å². The van der Waals surface area contributed by atoms with Crippen LogP contribution < -0.4 is 10.1 Å². The van der Waals surface area contributed by atoms with Gasteiger partial charge in [-0.05, 0) is 49.2 Å². The van der Waals surface area contributed by atoms with Gasteiger partial charge in [0.15, 0.2) is 0 Å². The van der Waals surface area contributed by atoms with Crippen molar-refractivity contribution in [3.8, 4) is 5.75 Å². The summed E-state index contributed by atoms with van der Waals surface area (Å²) in [7, 11) is 0. The molecule has 0 spiro atoms. The van der Waals surface area contributed by atoms with E-state index in [1.165, 1.54) is 17.9 Å². The Hall–Kier alpha value is -2.26. The van der Waals surface area contributed by atoms with E-state index < -0.39 is 0 Å². The summed E-state index contributed by atoms with van der Waals surface area (Å²) in [6.45, 7) is 4.03. The molecule has 0 unspecified atom stereocenters. The number of hydrogen-bond acceptors (Lipinski definition) is 2. The maximum absolute atomic E-state index is 11.8. The molecule has 0 aliphatic heterocycles. The van der Waals surface area contributed by atoms with Crippen LogP contribution in [0.15, 0.2) is 54.8 Å². The van der Waals surface area contributed by atoms with Crippen LogP contribution in [-0.2, 0) is 4.79 Å².